The molecular weight excluding hydrogens is 382 g/mol. The average molecular weight is 407 g/mol. The molecule has 1 aromatic heterocycles. The van der Waals surface area contributed by atoms with Crippen molar-refractivity contribution in [2.24, 2.45) is 0 Å². The number of hydrogen-bond donors (Lipinski definition) is 0. The van der Waals surface area contributed by atoms with Crippen molar-refractivity contribution in [2.75, 3.05) is 6.61 Å². The lowest BCUT2D eigenvalue weighted by Gasteiger charge is -2.32. The molecule has 1 aliphatic heterocycles. The van der Waals surface area contributed by atoms with Crippen LogP contribution < -0.4 is 5.46 Å². The molecule has 1 fully saturated rings. The van der Waals surface area contributed by atoms with Gasteiger partial charge in [0.15, 0.2) is 12.4 Å². The summed E-state index contributed by atoms with van der Waals surface area (Å²) in [6.45, 7) is 10.0. The molecule has 2 aromatic rings. The molecule has 10 heteroatoms. The van der Waals surface area contributed by atoms with Gasteiger partial charge in [-0.05, 0) is 56.9 Å². The standard InChI is InChI=1S/C18H24BClN4O4/c1-6-26-16(25)11-24-22-15(21-23-24)9-12-7-8-13(10-14(12)20)19-27-17(2,3)18(4,5)28-19/h7-8,10H,6,9,11H2,1-5H3. The van der Waals surface area contributed by atoms with Crippen molar-refractivity contribution in [3.05, 3.63) is 34.6 Å². The molecule has 0 bridgehead atoms. The summed E-state index contributed by atoms with van der Waals surface area (Å²) in [7, 11) is -0.472. The maximum absolute atomic E-state index is 11.5. The normalized spacial score (nSPS) is 17.7. The van der Waals surface area contributed by atoms with Crippen LogP contribution >= 0.6 is 11.6 Å². The topological polar surface area (TPSA) is 88.4 Å². The molecule has 150 valence electrons. The van der Waals surface area contributed by atoms with Crippen LogP contribution in [0.25, 0.3) is 0 Å². The summed E-state index contributed by atoms with van der Waals surface area (Å²) < 4.78 is 17.0. The number of halogens is 1. The predicted molar refractivity (Wildman–Crippen MR) is 104 cm³/mol. The molecule has 3 rings (SSSR count). The summed E-state index contributed by atoms with van der Waals surface area (Å²) in [5, 5.41) is 12.6. The Morgan fingerprint density at radius 2 is 1.93 bits per heavy atom. The Labute approximate surface area is 169 Å². The van der Waals surface area contributed by atoms with Crippen molar-refractivity contribution < 1.29 is 18.8 Å². The number of esters is 1. The van der Waals surface area contributed by atoms with E-state index in [4.69, 9.17) is 25.6 Å². The molecule has 0 unspecified atom stereocenters. The number of rotatable bonds is 6. The maximum atomic E-state index is 11.5. The van der Waals surface area contributed by atoms with E-state index in [1.165, 1.54) is 4.80 Å². The van der Waals surface area contributed by atoms with Crippen LogP contribution in [-0.2, 0) is 31.8 Å². The first kappa shape index (κ1) is 20.8. The lowest BCUT2D eigenvalue weighted by Crippen LogP contribution is -2.41. The van der Waals surface area contributed by atoms with Gasteiger partial charge in [-0.3, -0.25) is 0 Å². The van der Waals surface area contributed by atoms with Gasteiger partial charge >= 0.3 is 13.1 Å². The van der Waals surface area contributed by atoms with Crippen molar-refractivity contribution >= 4 is 30.2 Å². The third-order valence-electron chi connectivity index (χ3n) is 5.02. The van der Waals surface area contributed by atoms with E-state index in [9.17, 15) is 4.79 Å². The maximum Gasteiger partial charge on any atom is 0.494 e. The highest BCUT2D eigenvalue weighted by Gasteiger charge is 2.51. The van der Waals surface area contributed by atoms with Crippen LogP contribution in [0.1, 0.15) is 46.0 Å². The molecule has 0 atom stereocenters. The van der Waals surface area contributed by atoms with Crippen molar-refractivity contribution in [3.63, 3.8) is 0 Å². The van der Waals surface area contributed by atoms with E-state index < -0.39 is 24.3 Å². The van der Waals surface area contributed by atoms with Crippen molar-refractivity contribution in [1.82, 2.24) is 20.2 Å². The fraction of sp³-hybridized carbons (Fsp3) is 0.556. The van der Waals surface area contributed by atoms with Gasteiger partial charge in [0.2, 0.25) is 0 Å². The molecule has 2 heterocycles. The summed E-state index contributed by atoms with van der Waals surface area (Å²) in [6, 6.07) is 5.66. The lowest BCUT2D eigenvalue weighted by molar-refractivity contribution is -0.144. The highest BCUT2D eigenvalue weighted by molar-refractivity contribution is 6.62. The second-order valence-corrected chi connectivity index (χ2v) is 8.06. The lowest BCUT2D eigenvalue weighted by atomic mass is 9.78. The number of nitrogens with zero attached hydrogens (tertiary/aromatic N) is 4. The molecule has 0 aliphatic carbocycles. The predicted octanol–water partition coefficient (Wildman–Crippen LogP) is 1.78. The van der Waals surface area contributed by atoms with E-state index in [-0.39, 0.29) is 6.54 Å². The minimum Gasteiger partial charge on any atom is -0.465 e. The molecule has 1 aromatic carbocycles. The van der Waals surface area contributed by atoms with Crippen LogP contribution in [0.2, 0.25) is 5.02 Å². The zero-order chi connectivity index (χ0) is 20.5. The Balaban J connectivity index is 1.69. The second kappa shape index (κ2) is 7.81. The van der Waals surface area contributed by atoms with E-state index in [1.807, 2.05) is 45.9 Å². The fourth-order valence-corrected chi connectivity index (χ4v) is 3.00. The molecule has 1 aliphatic rings. The van der Waals surface area contributed by atoms with Gasteiger partial charge in [-0.15, -0.1) is 10.2 Å². The SMILES string of the molecule is CCOC(=O)Cn1nnc(Cc2ccc(B3OC(C)(C)C(C)(C)O3)cc2Cl)n1. The van der Waals surface area contributed by atoms with Gasteiger partial charge in [0.1, 0.15) is 0 Å². The Morgan fingerprint density at radius 3 is 2.54 bits per heavy atom. The van der Waals surface area contributed by atoms with Crippen LogP contribution in [0.4, 0.5) is 0 Å². The first-order chi connectivity index (χ1) is 13.1. The number of carbonyl (C=O) groups is 1. The van der Waals surface area contributed by atoms with Gasteiger partial charge < -0.3 is 14.0 Å². The van der Waals surface area contributed by atoms with Crippen LogP contribution in [0.3, 0.4) is 0 Å². The van der Waals surface area contributed by atoms with E-state index in [1.54, 1.807) is 6.92 Å². The molecule has 28 heavy (non-hydrogen) atoms. The van der Waals surface area contributed by atoms with Crippen LogP contribution in [0, 0.1) is 0 Å². The molecule has 0 spiro atoms. The summed E-state index contributed by atoms with van der Waals surface area (Å²) in [6.07, 6.45) is 0.394. The zero-order valence-electron chi connectivity index (χ0n) is 16.7. The molecular formula is C18H24BClN4O4. The third kappa shape index (κ3) is 4.37. The Kier molecular flexibility index (Phi) is 5.79. The Bertz CT molecular complexity index is 855. The third-order valence-corrected chi connectivity index (χ3v) is 5.37. The van der Waals surface area contributed by atoms with Gasteiger partial charge in [-0.1, -0.05) is 23.7 Å². The van der Waals surface area contributed by atoms with Crippen molar-refractivity contribution in [1.29, 1.82) is 0 Å². The monoisotopic (exact) mass is 406 g/mol. The largest absolute Gasteiger partial charge is 0.494 e. The number of aromatic nitrogens is 4. The van der Waals surface area contributed by atoms with Crippen LogP contribution in [-0.4, -0.2) is 51.1 Å². The first-order valence-corrected chi connectivity index (χ1v) is 9.55. The van der Waals surface area contributed by atoms with Gasteiger partial charge in [0.05, 0.1) is 17.8 Å². The minimum absolute atomic E-state index is 0.0740. The van der Waals surface area contributed by atoms with Crippen LogP contribution in [0.5, 0.6) is 0 Å². The van der Waals surface area contributed by atoms with Crippen LogP contribution in [0.15, 0.2) is 18.2 Å². The summed E-state index contributed by atoms with van der Waals surface area (Å²) in [5.41, 5.74) is 0.873. The van der Waals surface area contributed by atoms with Gasteiger partial charge in [-0.25, -0.2) is 4.79 Å². The first-order valence-electron chi connectivity index (χ1n) is 9.17. The van der Waals surface area contributed by atoms with Gasteiger partial charge in [0.25, 0.3) is 0 Å². The Morgan fingerprint density at radius 1 is 1.25 bits per heavy atom. The summed E-state index contributed by atoms with van der Waals surface area (Å²) in [4.78, 5) is 12.7. The molecule has 0 N–H and O–H groups in total. The summed E-state index contributed by atoms with van der Waals surface area (Å²) >= 11 is 6.46. The van der Waals surface area contributed by atoms with E-state index in [0.29, 0.717) is 23.9 Å². The quantitative estimate of drug-likeness (QED) is 0.533. The number of ether oxygens (including phenoxy) is 1. The van der Waals surface area contributed by atoms with E-state index in [0.717, 1.165) is 11.0 Å². The highest BCUT2D eigenvalue weighted by atomic mass is 35.5. The number of tetrazole rings is 1. The molecule has 0 radical (unpaired) electrons. The summed E-state index contributed by atoms with van der Waals surface area (Å²) in [5.74, 6) is 0.0610. The highest BCUT2D eigenvalue weighted by Crippen LogP contribution is 2.36. The van der Waals surface area contributed by atoms with Crippen molar-refractivity contribution in [2.45, 2.75) is 58.8 Å². The molecule has 0 amide bonds. The average Bonchev–Trinajstić information content (AvgIpc) is 3.11. The smallest absolute Gasteiger partial charge is 0.465 e. The molecule has 0 saturated carbocycles. The molecule has 1 saturated heterocycles. The van der Waals surface area contributed by atoms with Crippen molar-refractivity contribution in [3.8, 4) is 0 Å². The zero-order valence-corrected chi connectivity index (χ0v) is 17.5. The minimum atomic E-state index is -0.472. The van der Waals surface area contributed by atoms with Gasteiger partial charge in [-0.2, -0.15) is 4.80 Å². The fourth-order valence-electron chi connectivity index (χ4n) is 2.74. The number of hydrogen-bond acceptors (Lipinski definition) is 7. The van der Waals surface area contributed by atoms with Gasteiger partial charge in [0, 0.05) is 11.4 Å². The second-order valence-electron chi connectivity index (χ2n) is 7.66. The number of carbonyl (C=O) groups excluding carboxylic acids is 1. The number of benzene rings is 1. The Hall–Kier alpha value is -1.97. The molecule has 8 nitrogen and oxygen atoms in total. The van der Waals surface area contributed by atoms with E-state index in [2.05, 4.69) is 15.4 Å². The van der Waals surface area contributed by atoms with E-state index >= 15 is 0 Å².